The lowest BCUT2D eigenvalue weighted by Gasteiger charge is -2.41. The summed E-state index contributed by atoms with van der Waals surface area (Å²) in [4.78, 5) is 22.1. The normalized spacial score (nSPS) is 25.6. The molecule has 2 aromatic carbocycles. The van der Waals surface area contributed by atoms with Crippen LogP contribution in [-0.4, -0.2) is 41.2 Å². The van der Waals surface area contributed by atoms with E-state index < -0.39 is 17.2 Å². The Morgan fingerprint density at radius 1 is 0.897 bits per heavy atom. The summed E-state index contributed by atoms with van der Waals surface area (Å²) in [5, 5.41) is 1.98. The summed E-state index contributed by atoms with van der Waals surface area (Å²) in [7, 11) is 3.47. The predicted octanol–water partition coefficient (Wildman–Crippen LogP) is 4.17. The molecule has 1 unspecified atom stereocenters. The van der Waals surface area contributed by atoms with Crippen LogP contribution < -0.4 is 0 Å². The quantitative estimate of drug-likeness (QED) is 0.734. The number of fused-ring (bicyclic) bond motifs is 1. The topological polar surface area (TPSA) is 42.0 Å². The SMILES string of the molecule is COC(=O)C1=C(c2ccccc2)ON2C1(c1ccccc1)N(C)C(C)(C)C2(C)C. The van der Waals surface area contributed by atoms with Gasteiger partial charge in [0.2, 0.25) is 0 Å². The minimum atomic E-state index is -0.910. The van der Waals surface area contributed by atoms with E-state index in [1.165, 1.54) is 7.11 Å². The maximum atomic E-state index is 13.3. The van der Waals surface area contributed by atoms with E-state index >= 15 is 0 Å². The third kappa shape index (κ3) is 2.38. The van der Waals surface area contributed by atoms with Crippen molar-refractivity contribution in [2.75, 3.05) is 14.2 Å². The van der Waals surface area contributed by atoms with Crippen molar-refractivity contribution >= 4 is 11.7 Å². The molecule has 2 aromatic rings. The maximum Gasteiger partial charge on any atom is 0.341 e. The van der Waals surface area contributed by atoms with Gasteiger partial charge in [-0.15, -0.1) is 5.06 Å². The van der Waals surface area contributed by atoms with Gasteiger partial charge in [-0.2, -0.15) is 0 Å². The number of carbonyl (C=O) groups excluding carboxylic acids is 1. The fourth-order valence-electron chi connectivity index (χ4n) is 4.60. The van der Waals surface area contributed by atoms with Gasteiger partial charge in [0, 0.05) is 11.1 Å². The number of ether oxygens (including phenoxy) is 1. The predicted molar refractivity (Wildman–Crippen MR) is 112 cm³/mol. The smallest absolute Gasteiger partial charge is 0.341 e. The summed E-state index contributed by atoms with van der Waals surface area (Å²) in [5.41, 5.74) is 0.690. The van der Waals surface area contributed by atoms with Crippen LogP contribution >= 0.6 is 0 Å². The number of hydrogen-bond acceptors (Lipinski definition) is 5. The highest BCUT2D eigenvalue weighted by Crippen LogP contribution is 2.61. The van der Waals surface area contributed by atoms with E-state index in [-0.39, 0.29) is 5.54 Å². The van der Waals surface area contributed by atoms with Gasteiger partial charge in [0.1, 0.15) is 5.57 Å². The standard InChI is InChI=1S/C24H28N2O3/c1-22(2)23(3,4)26-24(25(22)5,18-15-11-8-12-16-18)19(21(27)28-6)20(29-26)17-13-9-7-10-14-17/h7-16H,1-6H3. The van der Waals surface area contributed by atoms with E-state index in [2.05, 4.69) is 39.6 Å². The van der Waals surface area contributed by atoms with E-state index in [4.69, 9.17) is 9.57 Å². The molecule has 5 nitrogen and oxygen atoms in total. The fourth-order valence-corrected chi connectivity index (χ4v) is 4.60. The first-order chi connectivity index (χ1) is 13.7. The molecule has 2 aliphatic rings. The minimum Gasteiger partial charge on any atom is -0.465 e. The average Bonchev–Trinajstić information content (AvgIpc) is 3.15. The lowest BCUT2D eigenvalue weighted by Crippen LogP contribution is -2.53. The number of rotatable bonds is 3. The van der Waals surface area contributed by atoms with Crippen LogP contribution in [0.2, 0.25) is 0 Å². The van der Waals surface area contributed by atoms with Crippen LogP contribution in [0.15, 0.2) is 66.2 Å². The molecule has 0 spiro atoms. The van der Waals surface area contributed by atoms with E-state index in [0.29, 0.717) is 11.3 Å². The first-order valence-corrected chi connectivity index (χ1v) is 9.87. The van der Waals surface area contributed by atoms with Crippen LogP contribution in [0.3, 0.4) is 0 Å². The molecule has 0 amide bonds. The van der Waals surface area contributed by atoms with Crippen LogP contribution in [0.4, 0.5) is 0 Å². The minimum absolute atomic E-state index is 0.301. The molecule has 0 radical (unpaired) electrons. The Balaban J connectivity index is 2.10. The van der Waals surface area contributed by atoms with Gasteiger partial charge in [0.05, 0.1) is 12.6 Å². The highest BCUT2D eigenvalue weighted by atomic mass is 16.7. The van der Waals surface area contributed by atoms with Crippen molar-refractivity contribution in [3.63, 3.8) is 0 Å². The van der Waals surface area contributed by atoms with E-state index in [9.17, 15) is 4.79 Å². The summed E-state index contributed by atoms with van der Waals surface area (Å²) in [6.45, 7) is 8.65. The van der Waals surface area contributed by atoms with Gasteiger partial charge in [-0.1, -0.05) is 60.7 Å². The molecule has 1 fully saturated rings. The third-order valence-corrected chi connectivity index (χ3v) is 6.98. The van der Waals surface area contributed by atoms with Gasteiger partial charge in [0.15, 0.2) is 11.4 Å². The molecule has 1 saturated heterocycles. The molecule has 0 bridgehead atoms. The molecule has 1 atom stereocenters. The van der Waals surface area contributed by atoms with Crippen LogP contribution in [0.25, 0.3) is 5.76 Å². The molecule has 2 heterocycles. The number of carbonyl (C=O) groups is 1. The van der Waals surface area contributed by atoms with E-state index in [0.717, 1.165) is 11.1 Å². The summed E-state index contributed by atoms with van der Waals surface area (Å²) < 4.78 is 5.30. The summed E-state index contributed by atoms with van der Waals surface area (Å²) >= 11 is 0. The van der Waals surface area contributed by atoms with Crippen molar-refractivity contribution < 1.29 is 14.4 Å². The largest absolute Gasteiger partial charge is 0.465 e. The van der Waals surface area contributed by atoms with Gasteiger partial charge in [-0.3, -0.25) is 4.90 Å². The van der Waals surface area contributed by atoms with Crippen molar-refractivity contribution in [1.82, 2.24) is 9.96 Å². The molecule has 2 aliphatic heterocycles. The van der Waals surface area contributed by atoms with E-state index in [1.807, 2.05) is 65.7 Å². The Morgan fingerprint density at radius 2 is 1.45 bits per heavy atom. The molecule has 0 aliphatic carbocycles. The molecule has 29 heavy (non-hydrogen) atoms. The van der Waals surface area contributed by atoms with Gasteiger partial charge >= 0.3 is 5.97 Å². The first-order valence-electron chi connectivity index (χ1n) is 9.87. The number of nitrogens with zero attached hydrogens (tertiary/aromatic N) is 2. The Hall–Kier alpha value is -2.63. The fraction of sp³-hybridized carbons (Fsp3) is 0.375. The molecule has 5 heteroatoms. The van der Waals surface area contributed by atoms with E-state index in [1.54, 1.807) is 0 Å². The number of benzene rings is 2. The molecule has 0 N–H and O–H groups in total. The average molecular weight is 392 g/mol. The van der Waals surface area contributed by atoms with Gasteiger partial charge in [-0.25, -0.2) is 4.79 Å². The molecule has 0 saturated carbocycles. The third-order valence-electron chi connectivity index (χ3n) is 6.98. The van der Waals surface area contributed by atoms with Crippen molar-refractivity contribution in [1.29, 1.82) is 0 Å². The number of likely N-dealkylation sites (N-methyl/N-ethyl adjacent to an activating group) is 1. The van der Waals surface area contributed by atoms with Crippen LogP contribution in [0, 0.1) is 0 Å². The summed E-state index contributed by atoms with van der Waals surface area (Å²) in [5.74, 6) is 0.146. The van der Waals surface area contributed by atoms with Gasteiger partial charge < -0.3 is 9.57 Å². The van der Waals surface area contributed by atoms with Crippen molar-refractivity contribution in [3.05, 3.63) is 77.4 Å². The molecule has 0 aromatic heterocycles. The number of esters is 1. The zero-order chi connectivity index (χ0) is 21.0. The van der Waals surface area contributed by atoms with Crippen LogP contribution in [0.5, 0.6) is 0 Å². The van der Waals surface area contributed by atoms with Crippen LogP contribution in [0.1, 0.15) is 38.8 Å². The number of methoxy groups -OCH3 is 1. The Labute approximate surface area is 172 Å². The Kier molecular flexibility index (Phi) is 4.37. The second kappa shape index (κ2) is 6.44. The lowest BCUT2D eigenvalue weighted by molar-refractivity contribution is -0.188. The summed E-state index contributed by atoms with van der Waals surface area (Å²) in [6.07, 6.45) is 0. The maximum absolute atomic E-state index is 13.3. The van der Waals surface area contributed by atoms with Crippen molar-refractivity contribution in [3.8, 4) is 0 Å². The molecule has 152 valence electrons. The summed E-state index contributed by atoms with van der Waals surface area (Å²) in [6, 6.07) is 19.8. The first kappa shape index (κ1) is 19.7. The second-order valence-electron chi connectivity index (χ2n) is 8.66. The molecule has 4 rings (SSSR count). The number of hydroxylamine groups is 2. The Morgan fingerprint density at radius 3 is 2.00 bits per heavy atom. The number of hydrogen-bond donors (Lipinski definition) is 0. The van der Waals surface area contributed by atoms with Gasteiger partial charge in [-0.05, 0) is 40.3 Å². The van der Waals surface area contributed by atoms with Crippen molar-refractivity contribution in [2.24, 2.45) is 0 Å². The highest BCUT2D eigenvalue weighted by molar-refractivity contribution is 6.00. The second-order valence-corrected chi connectivity index (χ2v) is 8.66. The monoisotopic (exact) mass is 392 g/mol. The zero-order valence-corrected chi connectivity index (χ0v) is 17.9. The van der Waals surface area contributed by atoms with Crippen LogP contribution in [-0.2, 0) is 20.0 Å². The zero-order valence-electron chi connectivity index (χ0n) is 17.9. The highest BCUT2D eigenvalue weighted by Gasteiger charge is 2.72. The Bertz CT molecular complexity index is 966. The lowest BCUT2D eigenvalue weighted by atomic mass is 9.83. The molecular weight excluding hydrogens is 364 g/mol. The van der Waals surface area contributed by atoms with Crippen molar-refractivity contribution in [2.45, 2.75) is 44.4 Å². The molecular formula is C24H28N2O3. The van der Waals surface area contributed by atoms with Gasteiger partial charge in [0.25, 0.3) is 0 Å².